The van der Waals surface area contributed by atoms with E-state index in [-0.39, 0.29) is 0 Å². The molecule has 10 aromatic rings. The fourth-order valence-electron chi connectivity index (χ4n) is 6.51. The fraction of sp³-hybridized carbons (Fsp3) is 0. The molecule has 0 aliphatic carbocycles. The predicted octanol–water partition coefficient (Wildman–Crippen LogP) is 9.83. The highest BCUT2D eigenvalue weighted by Gasteiger charge is 2.26. The molecule has 6 nitrogen and oxygen atoms in total. The van der Waals surface area contributed by atoms with E-state index >= 15 is 0 Å². The SMILES string of the molecule is c1ccc(-c2nc(-c3ccccc3)nc(-n3c4ccccc4c4c5c6ccccc6sc5c5c6ncncc6sc5c43)n2)cc1. The van der Waals surface area contributed by atoms with E-state index in [2.05, 4.69) is 58.1 Å². The largest absolute Gasteiger partial charge is 0.276 e. The van der Waals surface area contributed by atoms with Gasteiger partial charge >= 0.3 is 0 Å². The molecule has 0 fully saturated rings. The van der Waals surface area contributed by atoms with Crippen molar-refractivity contribution in [3.8, 4) is 28.7 Å². The zero-order valence-corrected chi connectivity index (χ0v) is 25.2. The topological polar surface area (TPSA) is 69.4 Å². The lowest BCUT2D eigenvalue weighted by molar-refractivity contribution is 0.955. The van der Waals surface area contributed by atoms with Gasteiger partial charge in [-0.1, -0.05) is 97.1 Å². The molecular formula is C37H20N6S2. The van der Waals surface area contributed by atoms with Crippen LogP contribution in [0, 0.1) is 0 Å². The van der Waals surface area contributed by atoms with Crippen LogP contribution in [0.25, 0.3) is 91.0 Å². The molecule has 5 aromatic carbocycles. The smallest absolute Gasteiger partial charge is 0.238 e. The van der Waals surface area contributed by atoms with Gasteiger partial charge in [0, 0.05) is 53.7 Å². The molecule has 0 atom stereocenters. The first-order valence-electron chi connectivity index (χ1n) is 14.6. The normalized spacial score (nSPS) is 12.0. The molecule has 210 valence electrons. The quantitative estimate of drug-likeness (QED) is 0.199. The first-order valence-corrected chi connectivity index (χ1v) is 16.2. The molecule has 5 aromatic heterocycles. The third-order valence-corrected chi connectivity index (χ3v) is 10.7. The zero-order valence-electron chi connectivity index (χ0n) is 23.5. The Morgan fingerprint density at radius 1 is 0.533 bits per heavy atom. The number of hydrogen-bond donors (Lipinski definition) is 0. The Balaban J connectivity index is 1.45. The second kappa shape index (κ2) is 9.46. The van der Waals surface area contributed by atoms with Gasteiger partial charge in [-0.05, 0) is 12.1 Å². The minimum atomic E-state index is 0.581. The minimum Gasteiger partial charge on any atom is -0.276 e. The van der Waals surface area contributed by atoms with Gasteiger partial charge in [-0.15, -0.1) is 22.7 Å². The summed E-state index contributed by atoms with van der Waals surface area (Å²) < 4.78 is 6.95. The number of hydrogen-bond acceptors (Lipinski definition) is 7. The molecule has 0 radical (unpaired) electrons. The van der Waals surface area contributed by atoms with Gasteiger partial charge in [0.05, 0.1) is 25.9 Å². The van der Waals surface area contributed by atoms with Crippen LogP contribution in [0.5, 0.6) is 0 Å². The Bertz CT molecular complexity index is 2700. The molecule has 8 heteroatoms. The van der Waals surface area contributed by atoms with Crippen LogP contribution in [0.3, 0.4) is 0 Å². The average Bonchev–Trinajstić information content (AvgIpc) is 3.78. The van der Waals surface area contributed by atoms with Crippen molar-refractivity contribution in [2.75, 3.05) is 0 Å². The van der Waals surface area contributed by atoms with Gasteiger partial charge in [0.1, 0.15) is 6.33 Å². The van der Waals surface area contributed by atoms with Gasteiger partial charge in [-0.3, -0.25) is 4.57 Å². The fourth-order valence-corrected chi connectivity index (χ4v) is 9.01. The number of aromatic nitrogens is 6. The number of para-hydroxylation sites is 1. The summed E-state index contributed by atoms with van der Waals surface area (Å²) in [5, 5.41) is 6.01. The third kappa shape index (κ3) is 3.58. The van der Waals surface area contributed by atoms with Gasteiger partial charge in [0.25, 0.3) is 0 Å². The highest BCUT2D eigenvalue weighted by atomic mass is 32.1. The summed E-state index contributed by atoms with van der Waals surface area (Å²) in [4.78, 5) is 24.5. The third-order valence-electron chi connectivity index (χ3n) is 8.40. The summed E-state index contributed by atoms with van der Waals surface area (Å²) in [7, 11) is 0. The maximum atomic E-state index is 5.18. The molecular weight excluding hydrogens is 593 g/mol. The van der Waals surface area contributed by atoms with E-state index in [1.165, 1.54) is 25.6 Å². The molecule has 5 heterocycles. The van der Waals surface area contributed by atoms with Crippen LogP contribution in [0.15, 0.2) is 122 Å². The van der Waals surface area contributed by atoms with Crippen LogP contribution < -0.4 is 0 Å². The highest BCUT2D eigenvalue weighted by Crippen LogP contribution is 2.51. The molecule has 0 unspecified atom stereocenters. The minimum absolute atomic E-state index is 0.581. The Kier molecular flexibility index (Phi) is 5.22. The average molecular weight is 613 g/mol. The summed E-state index contributed by atoms with van der Waals surface area (Å²) in [5.74, 6) is 1.84. The van der Waals surface area contributed by atoms with E-state index in [1.807, 2.05) is 78.2 Å². The van der Waals surface area contributed by atoms with Crippen molar-refractivity contribution >= 4 is 85.0 Å². The molecule has 0 aliphatic heterocycles. The van der Waals surface area contributed by atoms with Gasteiger partial charge in [-0.2, -0.15) is 9.97 Å². The Labute approximate surface area is 263 Å². The lowest BCUT2D eigenvalue weighted by Gasteiger charge is -2.11. The lowest BCUT2D eigenvalue weighted by atomic mass is 10.0. The molecule has 0 spiro atoms. The van der Waals surface area contributed by atoms with Crippen LogP contribution in [0.2, 0.25) is 0 Å². The Hall–Kier alpha value is -5.57. The Morgan fingerprint density at radius 3 is 1.93 bits per heavy atom. The molecule has 0 saturated carbocycles. The molecule has 0 saturated heterocycles. The van der Waals surface area contributed by atoms with E-state index in [1.54, 1.807) is 17.7 Å². The number of fused-ring (bicyclic) bond motifs is 12. The summed E-state index contributed by atoms with van der Waals surface area (Å²) in [5.41, 5.74) is 4.98. The van der Waals surface area contributed by atoms with E-state index in [9.17, 15) is 0 Å². The van der Waals surface area contributed by atoms with E-state index < -0.39 is 0 Å². The number of rotatable bonds is 3. The van der Waals surface area contributed by atoms with Gasteiger partial charge in [0.2, 0.25) is 5.95 Å². The summed E-state index contributed by atoms with van der Waals surface area (Å²) in [6.45, 7) is 0. The van der Waals surface area contributed by atoms with Gasteiger partial charge < -0.3 is 0 Å². The number of thiophene rings is 2. The van der Waals surface area contributed by atoms with Crippen LogP contribution in [0.4, 0.5) is 0 Å². The number of benzene rings is 5. The predicted molar refractivity (Wildman–Crippen MR) is 186 cm³/mol. The van der Waals surface area contributed by atoms with Crippen LogP contribution in [0.1, 0.15) is 0 Å². The molecule has 0 amide bonds. The van der Waals surface area contributed by atoms with Gasteiger partial charge in [-0.25, -0.2) is 15.0 Å². The molecule has 0 N–H and O–H groups in total. The second-order valence-corrected chi connectivity index (χ2v) is 13.0. The van der Waals surface area contributed by atoms with Crippen molar-refractivity contribution in [2.45, 2.75) is 0 Å². The lowest BCUT2D eigenvalue weighted by Crippen LogP contribution is -2.06. The number of nitrogens with zero attached hydrogens (tertiary/aromatic N) is 6. The van der Waals surface area contributed by atoms with E-state index in [0.717, 1.165) is 47.8 Å². The van der Waals surface area contributed by atoms with Crippen molar-refractivity contribution in [1.82, 2.24) is 29.5 Å². The van der Waals surface area contributed by atoms with E-state index in [0.29, 0.717) is 17.6 Å². The second-order valence-electron chi connectivity index (χ2n) is 10.9. The van der Waals surface area contributed by atoms with Crippen molar-refractivity contribution in [3.63, 3.8) is 0 Å². The zero-order chi connectivity index (χ0) is 29.5. The monoisotopic (exact) mass is 612 g/mol. The van der Waals surface area contributed by atoms with Crippen molar-refractivity contribution in [3.05, 3.63) is 122 Å². The molecule has 0 aliphatic rings. The maximum absolute atomic E-state index is 5.18. The first-order chi connectivity index (χ1) is 22.3. The standard InChI is InChI=1S/C37H20N6S2/c1-3-11-21(12-4-1)35-40-36(22-13-5-2-6-14-22)42-37(41-35)43-25-17-9-7-15-23(25)28-29-24-16-8-10-18-26(24)44-33(29)30-31-27(19-38-20-39-31)45-34(30)32(28)43/h1-20H. The molecule has 10 rings (SSSR count). The van der Waals surface area contributed by atoms with Gasteiger partial charge in [0.15, 0.2) is 11.6 Å². The van der Waals surface area contributed by atoms with E-state index in [4.69, 9.17) is 19.9 Å². The van der Waals surface area contributed by atoms with Crippen molar-refractivity contribution < 1.29 is 0 Å². The maximum Gasteiger partial charge on any atom is 0.238 e. The highest BCUT2D eigenvalue weighted by molar-refractivity contribution is 7.30. The van der Waals surface area contributed by atoms with Crippen LogP contribution >= 0.6 is 22.7 Å². The van der Waals surface area contributed by atoms with Crippen LogP contribution in [-0.2, 0) is 0 Å². The Morgan fingerprint density at radius 2 is 1.18 bits per heavy atom. The van der Waals surface area contributed by atoms with Crippen LogP contribution in [-0.4, -0.2) is 29.5 Å². The summed E-state index contributed by atoms with van der Waals surface area (Å²) in [6.07, 6.45) is 3.58. The summed E-state index contributed by atoms with van der Waals surface area (Å²) in [6, 6.07) is 37.5. The molecule has 45 heavy (non-hydrogen) atoms. The molecule has 0 bridgehead atoms. The first kappa shape index (κ1) is 24.8. The van der Waals surface area contributed by atoms with Crippen molar-refractivity contribution in [2.24, 2.45) is 0 Å². The summed E-state index contributed by atoms with van der Waals surface area (Å²) >= 11 is 3.57. The van der Waals surface area contributed by atoms with Crippen molar-refractivity contribution in [1.29, 1.82) is 0 Å².